The van der Waals surface area contributed by atoms with E-state index < -0.39 is 15.9 Å². The van der Waals surface area contributed by atoms with Gasteiger partial charge in [0.05, 0.1) is 40.1 Å². The molecule has 2 aromatic carbocycles. The van der Waals surface area contributed by atoms with Crippen LogP contribution in [0.5, 0.6) is 0 Å². The lowest BCUT2D eigenvalue weighted by Crippen LogP contribution is -2.37. The van der Waals surface area contributed by atoms with Crippen molar-refractivity contribution in [2.45, 2.75) is 18.7 Å². The zero-order valence-corrected chi connectivity index (χ0v) is 19.7. The molecule has 2 aromatic rings. The van der Waals surface area contributed by atoms with Gasteiger partial charge in [-0.05, 0) is 36.4 Å². The van der Waals surface area contributed by atoms with Crippen molar-refractivity contribution in [2.24, 2.45) is 0 Å². The van der Waals surface area contributed by atoms with Gasteiger partial charge in [0.25, 0.3) is 5.91 Å². The molecule has 1 aliphatic rings. The molecule has 0 radical (unpaired) electrons. The summed E-state index contributed by atoms with van der Waals surface area (Å²) >= 11 is 12.1. The summed E-state index contributed by atoms with van der Waals surface area (Å²) in [6.45, 7) is 6.65. The van der Waals surface area contributed by atoms with Crippen LogP contribution >= 0.6 is 23.2 Å². The maximum Gasteiger partial charge on any atom is 0.257 e. The van der Waals surface area contributed by atoms with Gasteiger partial charge in [-0.1, -0.05) is 37.0 Å². The van der Waals surface area contributed by atoms with E-state index in [1.165, 1.54) is 22.5 Å². The second kappa shape index (κ2) is 10.2. The number of sulfonamides is 1. The molecule has 31 heavy (non-hydrogen) atoms. The average molecular weight is 486 g/mol. The number of hydrogen-bond acceptors (Lipinski definition) is 5. The average Bonchev–Trinajstić information content (AvgIpc) is 2.75. The van der Waals surface area contributed by atoms with Crippen molar-refractivity contribution in [3.8, 4) is 0 Å². The lowest BCUT2D eigenvalue weighted by Gasteiger charge is -2.31. The van der Waals surface area contributed by atoms with Crippen LogP contribution < -0.4 is 10.2 Å². The first-order chi connectivity index (χ1) is 14.8. The third kappa shape index (κ3) is 5.32. The monoisotopic (exact) mass is 485 g/mol. The van der Waals surface area contributed by atoms with E-state index >= 15 is 0 Å². The molecule has 3 rings (SSSR count). The van der Waals surface area contributed by atoms with Gasteiger partial charge in [-0.15, -0.1) is 0 Å². The topological polar surface area (TPSA) is 79.0 Å². The Morgan fingerprint density at radius 1 is 1.10 bits per heavy atom. The lowest BCUT2D eigenvalue weighted by atomic mass is 10.2. The highest BCUT2D eigenvalue weighted by atomic mass is 35.5. The Hall–Kier alpha value is -1.84. The van der Waals surface area contributed by atoms with Crippen molar-refractivity contribution in [1.29, 1.82) is 0 Å². The number of carbonyl (C=O) groups is 1. The molecule has 1 saturated heterocycles. The number of amides is 1. The Labute approximate surface area is 192 Å². The summed E-state index contributed by atoms with van der Waals surface area (Å²) in [4.78, 5) is 15.1. The standard InChI is InChI=1S/C21H25Cl2N3O4S/c1-3-26(4-2)31(28,29)16-6-8-20(25-9-11-30-12-10-25)19(14-16)24-21(27)17-7-5-15(22)13-18(17)23/h5-8,13-14H,3-4,9-12H2,1-2H3,(H,24,27). The van der Waals surface area contributed by atoms with Crippen molar-refractivity contribution < 1.29 is 17.9 Å². The van der Waals surface area contributed by atoms with Crippen LogP contribution in [0.4, 0.5) is 11.4 Å². The van der Waals surface area contributed by atoms with E-state index in [9.17, 15) is 13.2 Å². The fraction of sp³-hybridized carbons (Fsp3) is 0.381. The Bertz CT molecular complexity index is 1050. The first kappa shape index (κ1) is 23.8. The summed E-state index contributed by atoms with van der Waals surface area (Å²) in [5, 5.41) is 3.47. The largest absolute Gasteiger partial charge is 0.378 e. The third-order valence-corrected chi connectivity index (χ3v) is 7.68. The molecule has 0 aromatic heterocycles. The SMILES string of the molecule is CCN(CC)S(=O)(=O)c1ccc(N2CCOCC2)c(NC(=O)c2ccc(Cl)cc2Cl)c1. The van der Waals surface area contributed by atoms with Crippen LogP contribution in [-0.4, -0.2) is 58.0 Å². The summed E-state index contributed by atoms with van der Waals surface area (Å²) in [6, 6.07) is 9.39. The molecule has 168 valence electrons. The molecule has 0 atom stereocenters. The molecule has 1 fully saturated rings. The number of benzene rings is 2. The van der Waals surface area contributed by atoms with E-state index in [2.05, 4.69) is 10.2 Å². The summed E-state index contributed by atoms with van der Waals surface area (Å²) in [5.74, 6) is -0.450. The van der Waals surface area contributed by atoms with Gasteiger partial charge in [0, 0.05) is 31.2 Å². The Morgan fingerprint density at radius 3 is 2.39 bits per heavy atom. The van der Waals surface area contributed by atoms with Gasteiger partial charge in [0.1, 0.15) is 0 Å². The molecule has 10 heteroatoms. The van der Waals surface area contributed by atoms with E-state index in [1.807, 2.05) is 0 Å². The van der Waals surface area contributed by atoms with Crippen molar-refractivity contribution >= 4 is 50.5 Å². The van der Waals surface area contributed by atoms with Crippen LogP contribution in [-0.2, 0) is 14.8 Å². The smallest absolute Gasteiger partial charge is 0.257 e. The van der Waals surface area contributed by atoms with Crippen LogP contribution in [0.2, 0.25) is 10.0 Å². The Kier molecular flexibility index (Phi) is 7.82. The highest BCUT2D eigenvalue weighted by Crippen LogP contribution is 2.32. The fourth-order valence-corrected chi connectivity index (χ4v) is 5.41. The number of anilines is 2. The summed E-state index contributed by atoms with van der Waals surface area (Å²) < 4.78 is 32.8. The maximum absolute atomic E-state index is 13.0. The highest BCUT2D eigenvalue weighted by Gasteiger charge is 2.25. The van der Waals surface area contributed by atoms with E-state index in [1.54, 1.807) is 32.0 Å². The zero-order valence-electron chi connectivity index (χ0n) is 17.4. The van der Waals surface area contributed by atoms with Gasteiger partial charge < -0.3 is 15.0 Å². The molecular weight excluding hydrogens is 461 g/mol. The van der Waals surface area contributed by atoms with Crippen molar-refractivity contribution in [3.63, 3.8) is 0 Å². The van der Waals surface area contributed by atoms with Crippen LogP contribution in [0, 0.1) is 0 Å². The van der Waals surface area contributed by atoms with E-state index in [-0.39, 0.29) is 15.5 Å². The first-order valence-corrected chi connectivity index (χ1v) is 12.2. The van der Waals surface area contributed by atoms with Gasteiger partial charge in [0.15, 0.2) is 0 Å². The quantitative estimate of drug-likeness (QED) is 0.637. The summed E-state index contributed by atoms with van der Waals surface area (Å²) in [5.41, 5.74) is 1.36. The fourth-order valence-electron chi connectivity index (χ4n) is 3.43. The highest BCUT2D eigenvalue weighted by molar-refractivity contribution is 7.89. The van der Waals surface area contributed by atoms with Crippen LogP contribution in [0.1, 0.15) is 24.2 Å². The minimum atomic E-state index is -3.69. The van der Waals surface area contributed by atoms with E-state index in [4.69, 9.17) is 27.9 Å². The molecule has 1 heterocycles. The van der Waals surface area contributed by atoms with Crippen molar-refractivity contribution in [2.75, 3.05) is 49.6 Å². The third-order valence-electron chi connectivity index (χ3n) is 5.09. The molecule has 0 unspecified atom stereocenters. The predicted molar refractivity (Wildman–Crippen MR) is 124 cm³/mol. The molecule has 7 nitrogen and oxygen atoms in total. The zero-order chi connectivity index (χ0) is 22.6. The number of ether oxygens (including phenoxy) is 1. The molecule has 0 bridgehead atoms. The molecule has 0 saturated carbocycles. The van der Waals surface area contributed by atoms with Gasteiger partial charge in [-0.3, -0.25) is 4.79 Å². The van der Waals surface area contributed by atoms with Gasteiger partial charge in [-0.2, -0.15) is 4.31 Å². The number of nitrogens with one attached hydrogen (secondary N) is 1. The first-order valence-electron chi connectivity index (χ1n) is 10.0. The van der Waals surface area contributed by atoms with Crippen LogP contribution in [0.25, 0.3) is 0 Å². The van der Waals surface area contributed by atoms with Crippen molar-refractivity contribution in [3.05, 3.63) is 52.0 Å². The number of morpholine rings is 1. The van der Waals surface area contributed by atoms with Crippen molar-refractivity contribution in [1.82, 2.24) is 4.31 Å². The molecule has 0 aliphatic carbocycles. The number of halogens is 2. The van der Waals surface area contributed by atoms with Gasteiger partial charge >= 0.3 is 0 Å². The molecule has 0 spiro atoms. The summed E-state index contributed by atoms with van der Waals surface area (Å²) in [7, 11) is -3.69. The van der Waals surface area contributed by atoms with Crippen LogP contribution in [0.3, 0.4) is 0 Å². The van der Waals surface area contributed by atoms with Gasteiger partial charge in [-0.25, -0.2) is 8.42 Å². The number of rotatable bonds is 7. The Morgan fingerprint density at radius 2 is 1.77 bits per heavy atom. The second-order valence-corrected chi connectivity index (χ2v) is 9.73. The van der Waals surface area contributed by atoms with E-state index in [0.717, 1.165) is 5.69 Å². The normalized spacial score (nSPS) is 14.7. The molecule has 1 N–H and O–H groups in total. The molecule has 1 amide bonds. The minimum Gasteiger partial charge on any atom is -0.378 e. The summed E-state index contributed by atoms with van der Waals surface area (Å²) in [6.07, 6.45) is 0. The maximum atomic E-state index is 13.0. The predicted octanol–water partition coefficient (Wildman–Crippen LogP) is 4.11. The van der Waals surface area contributed by atoms with Gasteiger partial charge in [0.2, 0.25) is 10.0 Å². The number of hydrogen-bond donors (Lipinski definition) is 1. The second-order valence-electron chi connectivity index (χ2n) is 6.95. The number of nitrogens with zero attached hydrogens (tertiary/aromatic N) is 2. The van der Waals surface area contributed by atoms with Crippen LogP contribution in [0.15, 0.2) is 41.3 Å². The minimum absolute atomic E-state index is 0.116. The number of carbonyl (C=O) groups excluding carboxylic acids is 1. The Balaban J connectivity index is 2.02. The molecular formula is C21H25Cl2N3O4S. The molecule has 1 aliphatic heterocycles. The van der Waals surface area contributed by atoms with E-state index in [0.29, 0.717) is 50.1 Å². The lowest BCUT2D eigenvalue weighted by molar-refractivity contribution is 0.102.